The van der Waals surface area contributed by atoms with Crippen molar-refractivity contribution in [2.24, 2.45) is 11.1 Å². The Hall–Kier alpha value is -0.800. The lowest BCUT2D eigenvalue weighted by atomic mass is 9.88. The SMILES string of the molecule is Cc1cc(Cl)ccc1OCCCC(C)(C)C(N)=S. The first kappa shape index (κ1) is 15.3. The van der Waals surface area contributed by atoms with Gasteiger partial charge in [0.2, 0.25) is 0 Å². The summed E-state index contributed by atoms with van der Waals surface area (Å²) >= 11 is 10.9. The Kier molecular flexibility index (Phi) is 5.42. The third-order valence-corrected chi connectivity index (χ3v) is 3.80. The highest BCUT2D eigenvalue weighted by atomic mass is 35.5. The molecule has 0 aliphatic rings. The number of rotatable bonds is 6. The van der Waals surface area contributed by atoms with Gasteiger partial charge in [0.05, 0.1) is 11.6 Å². The van der Waals surface area contributed by atoms with Gasteiger partial charge in [-0.3, -0.25) is 0 Å². The number of aryl methyl sites for hydroxylation is 1. The molecular formula is C14H20ClNOS. The lowest BCUT2D eigenvalue weighted by Gasteiger charge is -2.22. The molecule has 0 heterocycles. The van der Waals surface area contributed by atoms with E-state index in [-0.39, 0.29) is 5.41 Å². The summed E-state index contributed by atoms with van der Waals surface area (Å²) in [6, 6.07) is 5.63. The fourth-order valence-corrected chi connectivity index (χ4v) is 1.92. The van der Waals surface area contributed by atoms with E-state index in [4.69, 9.17) is 34.3 Å². The van der Waals surface area contributed by atoms with Gasteiger partial charge in [-0.1, -0.05) is 37.7 Å². The minimum absolute atomic E-state index is 0.103. The van der Waals surface area contributed by atoms with E-state index in [0.717, 1.165) is 29.2 Å². The third-order valence-electron chi connectivity index (χ3n) is 3.01. The van der Waals surface area contributed by atoms with Crippen LogP contribution in [0.15, 0.2) is 18.2 Å². The summed E-state index contributed by atoms with van der Waals surface area (Å²) in [5.74, 6) is 0.882. The molecule has 0 aromatic heterocycles. The molecule has 2 nitrogen and oxygen atoms in total. The van der Waals surface area contributed by atoms with E-state index in [0.29, 0.717) is 11.6 Å². The molecule has 18 heavy (non-hydrogen) atoms. The molecule has 0 atom stereocenters. The second kappa shape index (κ2) is 6.39. The van der Waals surface area contributed by atoms with E-state index in [1.807, 2.05) is 25.1 Å². The fourth-order valence-electron chi connectivity index (χ4n) is 1.59. The Morgan fingerprint density at radius 1 is 1.44 bits per heavy atom. The number of halogens is 1. The van der Waals surface area contributed by atoms with Crippen LogP contribution in [0.4, 0.5) is 0 Å². The van der Waals surface area contributed by atoms with E-state index in [9.17, 15) is 0 Å². The van der Waals surface area contributed by atoms with E-state index < -0.39 is 0 Å². The standard InChI is InChI=1S/C14H20ClNOS/c1-10-9-11(15)5-6-12(10)17-8-4-7-14(2,3)13(16)18/h5-6,9H,4,7-8H2,1-3H3,(H2,16,18). The van der Waals surface area contributed by atoms with E-state index in [2.05, 4.69) is 13.8 Å². The number of benzene rings is 1. The lowest BCUT2D eigenvalue weighted by molar-refractivity contribution is 0.286. The molecule has 0 unspecified atom stereocenters. The molecule has 0 aliphatic heterocycles. The number of hydrogen-bond donors (Lipinski definition) is 1. The average Bonchev–Trinajstić information content (AvgIpc) is 2.26. The van der Waals surface area contributed by atoms with Gasteiger partial charge in [-0.15, -0.1) is 0 Å². The molecule has 0 amide bonds. The largest absolute Gasteiger partial charge is 0.493 e. The van der Waals surface area contributed by atoms with Crippen molar-refractivity contribution in [1.29, 1.82) is 0 Å². The number of ether oxygens (including phenoxy) is 1. The first-order valence-corrected chi connectivity index (χ1v) is 6.80. The van der Waals surface area contributed by atoms with Crippen molar-refractivity contribution < 1.29 is 4.74 Å². The molecule has 1 aromatic rings. The molecule has 2 N–H and O–H groups in total. The van der Waals surface area contributed by atoms with Gasteiger partial charge < -0.3 is 10.5 Å². The third kappa shape index (κ3) is 4.46. The predicted molar refractivity (Wildman–Crippen MR) is 81.5 cm³/mol. The van der Waals surface area contributed by atoms with Gasteiger partial charge in [-0.2, -0.15) is 0 Å². The Balaban J connectivity index is 2.41. The van der Waals surface area contributed by atoms with Crippen molar-refractivity contribution in [3.63, 3.8) is 0 Å². The van der Waals surface area contributed by atoms with Crippen molar-refractivity contribution in [1.82, 2.24) is 0 Å². The Morgan fingerprint density at radius 2 is 2.11 bits per heavy atom. The molecular weight excluding hydrogens is 266 g/mol. The molecule has 1 rings (SSSR count). The predicted octanol–water partition coefficient (Wildman–Crippen LogP) is 4.12. The second-order valence-electron chi connectivity index (χ2n) is 5.11. The molecule has 0 saturated carbocycles. The lowest BCUT2D eigenvalue weighted by Crippen LogP contribution is -2.30. The monoisotopic (exact) mass is 285 g/mol. The smallest absolute Gasteiger partial charge is 0.122 e. The van der Waals surface area contributed by atoms with Crippen LogP contribution in [0.25, 0.3) is 0 Å². The average molecular weight is 286 g/mol. The molecule has 0 radical (unpaired) electrons. The van der Waals surface area contributed by atoms with Crippen molar-refractivity contribution in [3.05, 3.63) is 28.8 Å². The van der Waals surface area contributed by atoms with Crippen LogP contribution in [0.5, 0.6) is 5.75 Å². The first-order valence-electron chi connectivity index (χ1n) is 6.02. The highest BCUT2D eigenvalue weighted by molar-refractivity contribution is 7.80. The Morgan fingerprint density at radius 3 is 2.67 bits per heavy atom. The zero-order valence-electron chi connectivity index (χ0n) is 11.1. The minimum Gasteiger partial charge on any atom is -0.493 e. The molecule has 0 aliphatic carbocycles. The molecule has 4 heteroatoms. The molecule has 0 saturated heterocycles. The maximum atomic E-state index is 5.89. The van der Waals surface area contributed by atoms with Crippen LogP contribution < -0.4 is 10.5 Å². The maximum absolute atomic E-state index is 5.89. The summed E-state index contributed by atoms with van der Waals surface area (Å²) < 4.78 is 5.72. The van der Waals surface area contributed by atoms with E-state index in [1.54, 1.807) is 0 Å². The quantitative estimate of drug-likeness (QED) is 0.631. The first-order chi connectivity index (χ1) is 8.33. The summed E-state index contributed by atoms with van der Waals surface area (Å²) in [6.07, 6.45) is 1.85. The maximum Gasteiger partial charge on any atom is 0.122 e. The van der Waals surface area contributed by atoms with Crippen LogP contribution in [-0.4, -0.2) is 11.6 Å². The van der Waals surface area contributed by atoms with Crippen LogP contribution in [-0.2, 0) is 0 Å². The normalized spacial score (nSPS) is 11.3. The van der Waals surface area contributed by atoms with Gasteiger partial charge >= 0.3 is 0 Å². The Labute approximate surface area is 119 Å². The fraction of sp³-hybridized carbons (Fsp3) is 0.500. The molecule has 0 bridgehead atoms. The van der Waals surface area contributed by atoms with Crippen LogP contribution in [0.3, 0.4) is 0 Å². The Bertz CT molecular complexity index is 432. The second-order valence-corrected chi connectivity index (χ2v) is 5.99. The topological polar surface area (TPSA) is 35.2 Å². The number of hydrogen-bond acceptors (Lipinski definition) is 2. The van der Waals surface area contributed by atoms with Crippen molar-refractivity contribution in [3.8, 4) is 5.75 Å². The summed E-state index contributed by atoms with van der Waals surface area (Å²) in [7, 11) is 0. The van der Waals surface area contributed by atoms with Crippen molar-refractivity contribution >= 4 is 28.8 Å². The summed E-state index contributed by atoms with van der Waals surface area (Å²) in [5.41, 5.74) is 6.63. The zero-order chi connectivity index (χ0) is 13.8. The minimum atomic E-state index is -0.103. The summed E-state index contributed by atoms with van der Waals surface area (Å²) in [4.78, 5) is 0.560. The van der Waals surface area contributed by atoms with Gasteiger partial charge in [0.1, 0.15) is 5.75 Å². The molecule has 100 valence electrons. The van der Waals surface area contributed by atoms with Crippen LogP contribution in [0.2, 0.25) is 5.02 Å². The molecule has 0 fully saturated rings. The van der Waals surface area contributed by atoms with Gasteiger partial charge in [-0.05, 0) is 43.5 Å². The van der Waals surface area contributed by atoms with Gasteiger partial charge in [0.15, 0.2) is 0 Å². The molecule has 1 aromatic carbocycles. The number of nitrogens with two attached hydrogens (primary N) is 1. The van der Waals surface area contributed by atoms with Crippen LogP contribution in [0.1, 0.15) is 32.3 Å². The zero-order valence-corrected chi connectivity index (χ0v) is 12.7. The summed E-state index contributed by atoms with van der Waals surface area (Å²) in [6.45, 7) is 6.76. The van der Waals surface area contributed by atoms with Crippen molar-refractivity contribution in [2.45, 2.75) is 33.6 Å². The van der Waals surface area contributed by atoms with Gasteiger partial charge in [0.25, 0.3) is 0 Å². The van der Waals surface area contributed by atoms with E-state index >= 15 is 0 Å². The van der Waals surface area contributed by atoms with Crippen LogP contribution >= 0.6 is 23.8 Å². The van der Waals surface area contributed by atoms with Crippen LogP contribution in [0, 0.1) is 12.3 Å². The highest BCUT2D eigenvalue weighted by Crippen LogP contribution is 2.24. The van der Waals surface area contributed by atoms with Gasteiger partial charge in [0, 0.05) is 10.4 Å². The molecule has 0 spiro atoms. The summed E-state index contributed by atoms with van der Waals surface area (Å²) in [5, 5.41) is 0.731. The van der Waals surface area contributed by atoms with Crippen molar-refractivity contribution in [2.75, 3.05) is 6.61 Å². The number of thiocarbonyl (C=S) groups is 1. The highest BCUT2D eigenvalue weighted by Gasteiger charge is 2.20. The van der Waals surface area contributed by atoms with E-state index in [1.165, 1.54) is 0 Å². The van der Waals surface area contributed by atoms with Gasteiger partial charge in [-0.25, -0.2) is 0 Å².